The van der Waals surface area contributed by atoms with Gasteiger partial charge in [0.25, 0.3) is 0 Å². The van der Waals surface area contributed by atoms with E-state index >= 15 is 0 Å². The van der Waals surface area contributed by atoms with Crippen LogP contribution in [-0.2, 0) is 0 Å². The van der Waals surface area contributed by atoms with Gasteiger partial charge >= 0.3 is 0 Å². The van der Waals surface area contributed by atoms with Gasteiger partial charge in [-0.1, -0.05) is 60.7 Å². The molecule has 4 atom stereocenters. The molecule has 1 heterocycles. The fourth-order valence-corrected chi connectivity index (χ4v) is 4.67. The average molecular weight is 337 g/mol. The molecular formula is C22H27NO2. The summed E-state index contributed by atoms with van der Waals surface area (Å²) in [7, 11) is 0. The van der Waals surface area contributed by atoms with Crippen molar-refractivity contribution in [3.63, 3.8) is 0 Å². The standard InChI is InChI=1S/C22H27NO2/c24-21-12-11-18-13-19(21)22(25)15-23(18)14-20(16-7-3-1-4-8-16)17-9-5-2-6-10-17/h1-10,18-22,24-25H,11-15H2/t18-,19+,21+,22+/m1/s1. The van der Waals surface area contributed by atoms with Gasteiger partial charge in [-0.15, -0.1) is 0 Å². The maximum atomic E-state index is 10.5. The van der Waals surface area contributed by atoms with E-state index in [1.807, 2.05) is 0 Å². The van der Waals surface area contributed by atoms with Crippen molar-refractivity contribution in [1.82, 2.24) is 4.90 Å². The molecule has 0 radical (unpaired) electrons. The molecule has 1 saturated heterocycles. The zero-order valence-electron chi connectivity index (χ0n) is 14.5. The number of nitrogens with zero attached hydrogens (tertiary/aromatic N) is 1. The summed E-state index contributed by atoms with van der Waals surface area (Å²) in [5, 5.41) is 20.7. The fraction of sp³-hybridized carbons (Fsp3) is 0.455. The van der Waals surface area contributed by atoms with Gasteiger partial charge in [-0.3, -0.25) is 4.90 Å². The molecule has 2 aromatic carbocycles. The summed E-state index contributed by atoms with van der Waals surface area (Å²) in [4.78, 5) is 2.46. The molecular weight excluding hydrogens is 310 g/mol. The van der Waals surface area contributed by atoms with Crippen LogP contribution in [0.15, 0.2) is 60.7 Å². The second kappa shape index (κ2) is 7.28. The SMILES string of the molecule is O[C@H]1CC[C@@H]2C[C@@H]1[C@@H](O)CN2CC(c1ccccc1)c1ccccc1. The molecule has 3 heteroatoms. The van der Waals surface area contributed by atoms with Crippen molar-refractivity contribution in [3.05, 3.63) is 71.8 Å². The lowest BCUT2D eigenvalue weighted by atomic mass is 9.75. The highest BCUT2D eigenvalue weighted by atomic mass is 16.3. The minimum atomic E-state index is -0.418. The van der Waals surface area contributed by atoms with Crippen molar-refractivity contribution in [2.75, 3.05) is 13.1 Å². The van der Waals surface area contributed by atoms with E-state index in [2.05, 4.69) is 65.6 Å². The van der Waals surface area contributed by atoms with E-state index in [-0.39, 0.29) is 12.0 Å². The van der Waals surface area contributed by atoms with Crippen LogP contribution in [0.4, 0.5) is 0 Å². The molecule has 1 aliphatic heterocycles. The number of hydrogen-bond acceptors (Lipinski definition) is 3. The number of aliphatic hydroxyl groups is 2. The van der Waals surface area contributed by atoms with Crippen molar-refractivity contribution in [3.8, 4) is 0 Å². The lowest BCUT2D eigenvalue weighted by molar-refractivity contribution is -0.0899. The second-order valence-electron chi connectivity index (χ2n) is 7.59. The lowest BCUT2D eigenvalue weighted by Gasteiger charge is -2.48. The van der Waals surface area contributed by atoms with E-state index in [1.54, 1.807) is 0 Å². The minimum absolute atomic E-state index is 0.0573. The molecule has 0 aromatic heterocycles. The van der Waals surface area contributed by atoms with E-state index < -0.39 is 6.10 Å². The summed E-state index contributed by atoms with van der Waals surface area (Å²) in [5.41, 5.74) is 2.64. The molecule has 3 nitrogen and oxygen atoms in total. The third-order valence-electron chi connectivity index (χ3n) is 6.09. The molecule has 2 aromatic rings. The smallest absolute Gasteiger partial charge is 0.0720 e. The Morgan fingerprint density at radius 1 is 0.840 bits per heavy atom. The first-order valence-electron chi connectivity index (χ1n) is 9.42. The molecule has 0 unspecified atom stereocenters. The quantitative estimate of drug-likeness (QED) is 0.901. The van der Waals surface area contributed by atoms with Gasteiger partial charge in [0, 0.05) is 31.0 Å². The largest absolute Gasteiger partial charge is 0.393 e. The van der Waals surface area contributed by atoms with E-state index in [0.29, 0.717) is 18.5 Å². The van der Waals surface area contributed by atoms with Gasteiger partial charge in [-0.05, 0) is 30.4 Å². The van der Waals surface area contributed by atoms with Crippen LogP contribution >= 0.6 is 0 Å². The van der Waals surface area contributed by atoms with Crippen LogP contribution in [0.5, 0.6) is 0 Å². The number of fused-ring (bicyclic) bond motifs is 2. The first-order valence-corrected chi connectivity index (χ1v) is 9.42. The zero-order chi connectivity index (χ0) is 17.2. The molecule has 1 saturated carbocycles. The molecule has 2 N–H and O–H groups in total. The van der Waals surface area contributed by atoms with Crippen LogP contribution < -0.4 is 0 Å². The summed E-state index contributed by atoms with van der Waals surface area (Å²) in [5.74, 6) is 0.361. The fourth-order valence-electron chi connectivity index (χ4n) is 4.67. The van der Waals surface area contributed by atoms with Crippen LogP contribution in [0.1, 0.15) is 36.3 Å². The van der Waals surface area contributed by atoms with Gasteiger partial charge in [-0.2, -0.15) is 0 Å². The summed E-state index contributed by atoms with van der Waals surface area (Å²) < 4.78 is 0. The molecule has 1 aliphatic carbocycles. The highest BCUT2D eigenvalue weighted by molar-refractivity contribution is 5.33. The predicted octanol–water partition coefficient (Wildman–Crippen LogP) is 3.02. The minimum Gasteiger partial charge on any atom is -0.393 e. The van der Waals surface area contributed by atoms with Gasteiger partial charge < -0.3 is 10.2 Å². The van der Waals surface area contributed by atoms with E-state index in [9.17, 15) is 10.2 Å². The molecule has 132 valence electrons. The lowest BCUT2D eigenvalue weighted by Crippen LogP contribution is -2.56. The third kappa shape index (κ3) is 3.50. The van der Waals surface area contributed by atoms with Crippen LogP contribution in [0, 0.1) is 5.92 Å². The number of aliphatic hydroxyl groups excluding tert-OH is 2. The summed E-state index contributed by atoms with van der Waals surface area (Å²) in [6.07, 6.45) is 2.01. The van der Waals surface area contributed by atoms with Gasteiger partial charge in [0.1, 0.15) is 0 Å². The molecule has 4 rings (SSSR count). The van der Waals surface area contributed by atoms with Gasteiger partial charge in [0.15, 0.2) is 0 Å². The molecule has 2 aliphatic rings. The maximum absolute atomic E-state index is 10.5. The molecule has 25 heavy (non-hydrogen) atoms. The topological polar surface area (TPSA) is 43.7 Å². The Morgan fingerprint density at radius 3 is 2.04 bits per heavy atom. The highest BCUT2D eigenvalue weighted by Gasteiger charge is 2.42. The molecule has 2 bridgehead atoms. The van der Waals surface area contributed by atoms with Crippen LogP contribution in [0.2, 0.25) is 0 Å². The van der Waals surface area contributed by atoms with Gasteiger partial charge in [0.2, 0.25) is 0 Å². The Bertz CT molecular complexity index is 635. The van der Waals surface area contributed by atoms with E-state index in [4.69, 9.17) is 0 Å². The Balaban J connectivity index is 1.59. The normalized spacial score (nSPS) is 29.7. The number of β-amino-alcohol motifs (C(OH)–C–C–N with tert-alkyl or cyclic N) is 1. The van der Waals surface area contributed by atoms with E-state index in [1.165, 1.54) is 11.1 Å². The Labute approximate surface area is 149 Å². The first kappa shape index (κ1) is 16.8. The monoisotopic (exact) mass is 337 g/mol. The number of likely N-dealkylation sites (tertiary alicyclic amines) is 1. The van der Waals surface area contributed by atoms with Crippen LogP contribution in [0.3, 0.4) is 0 Å². The highest BCUT2D eigenvalue weighted by Crippen LogP contribution is 2.37. The van der Waals surface area contributed by atoms with Gasteiger partial charge in [0.05, 0.1) is 12.2 Å². The summed E-state index contributed by atoms with van der Waals surface area (Å²) in [6.45, 7) is 1.58. The van der Waals surface area contributed by atoms with Crippen molar-refractivity contribution >= 4 is 0 Å². The molecule has 2 fully saturated rings. The number of rotatable bonds is 4. The summed E-state index contributed by atoms with van der Waals surface area (Å²) >= 11 is 0. The number of hydrogen-bond donors (Lipinski definition) is 2. The predicted molar refractivity (Wildman–Crippen MR) is 99.4 cm³/mol. The first-order chi connectivity index (χ1) is 12.2. The second-order valence-corrected chi connectivity index (χ2v) is 7.59. The molecule has 0 amide bonds. The van der Waals surface area contributed by atoms with E-state index in [0.717, 1.165) is 25.8 Å². The van der Waals surface area contributed by atoms with Crippen LogP contribution in [0.25, 0.3) is 0 Å². The third-order valence-corrected chi connectivity index (χ3v) is 6.09. The Kier molecular flexibility index (Phi) is 4.89. The summed E-state index contributed by atoms with van der Waals surface area (Å²) in [6, 6.07) is 21.8. The van der Waals surface area contributed by atoms with Crippen molar-refractivity contribution in [1.29, 1.82) is 0 Å². The average Bonchev–Trinajstić information content (AvgIpc) is 2.66. The van der Waals surface area contributed by atoms with Gasteiger partial charge in [-0.25, -0.2) is 0 Å². The number of benzene rings is 2. The maximum Gasteiger partial charge on any atom is 0.0720 e. The molecule has 0 spiro atoms. The van der Waals surface area contributed by atoms with Crippen molar-refractivity contribution in [2.45, 2.75) is 43.4 Å². The van der Waals surface area contributed by atoms with Crippen molar-refractivity contribution in [2.24, 2.45) is 5.92 Å². The van der Waals surface area contributed by atoms with Crippen LogP contribution in [-0.4, -0.2) is 46.5 Å². The Hall–Kier alpha value is -1.68. The van der Waals surface area contributed by atoms with Crippen molar-refractivity contribution < 1.29 is 10.2 Å². The zero-order valence-corrected chi connectivity index (χ0v) is 14.5. The number of piperidine rings is 1. The Morgan fingerprint density at radius 2 is 1.44 bits per heavy atom.